The first-order valence-electron chi connectivity index (χ1n) is 9.61. The first kappa shape index (κ1) is 20.3. The van der Waals surface area contributed by atoms with Crippen molar-refractivity contribution in [2.45, 2.75) is 46.1 Å². The monoisotopic (exact) mass is 392 g/mol. The number of amides is 3. The van der Waals surface area contributed by atoms with Crippen LogP contribution in [0, 0.1) is 17.2 Å². The van der Waals surface area contributed by atoms with Crippen molar-refractivity contribution < 1.29 is 14.3 Å². The highest BCUT2D eigenvalue weighted by molar-refractivity contribution is 6.23. The number of carbonyl (C=O) groups excluding carboxylic acids is 2. The summed E-state index contributed by atoms with van der Waals surface area (Å²) in [7, 11) is 0. The standard InChI is InChI=1S/C22H24N4O3/c1-5-22(4)20(27)26(21(28)25-22)17-7-9-19(24-13-17)29-18-8-6-15(12-23)11-16(18)10-14(2)3/h6-9,11,13-14H,5,10H2,1-4H3,(H,25,28)/t22-/m1/s1. The fraction of sp³-hybridized carbons (Fsp3) is 0.364. The Morgan fingerprint density at radius 2 is 2.03 bits per heavy atom. The Balaban J connectivity index is 1.83. The Morgan fingerprint density at radius 3 is 2.59 bits per heavy atom. The Morgan fingerprint density at radius 1 is 1.28 bits per heavy atom. The second-order valence-electron chi connectivity index (χ2n) is 7.75. The van der Waals surface area contributed by atoms with Crippen LogP contribution in [0.15, 0.2) is 36.5 Å². The van der Waals surface area contributed by atoms with E-state index >= 15 is 0 Å². The van der Waals surface area contributed by atoms with Crippen LogP contribution >= 0.6 is 0 Å². The van der Waals surface area contributed by atoms with Crippen LogP contribution in [0.4, 0.5) is 10.5 Å². The number of nitrogens with one attached hydrogen (secondary N) is 1. The molecule has 1 aliphatic heterocycles. The molecule has 1 fully saturated rings. The van der Waals surface area contributed by atoms with Crippen molar-refractivity contribution in [2.75, 3.05) is 4.90 Å². The number of anilines is 1. The summed E-state index contributed by atoms with van der Waals surface area (Å²) in [4.78, 5) is 30.2. The maximum Gasteiger partial charge on any atom is 0.329 e. The number of ether oxygens (including phenoxy) is 1. The molecule has 1 aromatic heterocycles. The van der Waals surface area contributed by atoms with Gasteiger partial charge in [-0.2, -0.15) is 5.26 Å². The number of hydrogen-bond acceptors (Lipinski definition) is 5. The fourth-order valence-corrected chi connectivity index (χ4v) is 3.18. The topological polar surface area (TPSA) is 95.3 Å². The highest BCUT2D eigenvalue weighted by atomic mass is 16.5. The number of urea groups is 1. The summed E-state index contributed by atoms with van der Waals surface area (Å²) >= 11 is 0. The van der Waals surface area contributed by atoms with Crippen molar-refractivity contribution in [2.24, 2.45) is 5.92 Å². The van der Waals surface area contributed by atoms with Gasteiger partial charge in [0.15, 0.2) is 0 Å². The molecule has 0 aliphatic carbocycles. The molecule has 7 heteroatoms. The first-order valence-corrected chi connectivity index (χ1v) is 9.61. The molecule has 3 amide bonds. The zero-order valence-corrected chi connectivity index (χ0v) is 17.0. The van der Waals surface area contributed by atoms with Gasteiger partial charge < -0.3 is 10.1 Å². The molecule has 1 aromatic carbocycles. The van der Waals surface area contributed by atoms with Gasteiger partial charge in [0.25, 0.3) is 5.91 Å². The van der Waals surface area contributed by atoms with Crippen LogP contribution in [0.2, 0.25) is 0 Å². The Hall–Kier alpha value is -3.40. The van der Waals surface area contributed by atoms with Crippen molar-refractivity contribution in [1.82, 2.24) is 10.3 Å². The zero-order valence-electron chi connectivity index (χ0n) is 17.0. The van der Waals surface area contributed by atoms with E-state index in [0.717, 1.165) is 16.9 Å². The molecular formula is C22H24N4O3. The Kier molecular flexibility index (Phi) is 5.55. The number of imide groups is 1. The average Bonchev–Trinajstić information content (AvgIpc) is 2.92. The van der Waals surface area contributed by atoms with Crippen LogP contribution in [0.25, 0.3) is 0 Å². The zero-order chi connectivity index (χ0) is 21.2. The van der Waals surface area contributed by atoms with Crippen molar-refractivity contribution >= 4 is 17.6 Å². The largest absolute Gasteiger partial charge is 0.439 e. The molecule has 0 bridgehead atoms. The number of hydrogen-bond donors (Lipinski definition) is 1. The summed E-state index contributed by atoms with van der Waals surface area (Å²) < 4.78 is 5.92. The molecule has 2 heterocycles. The molecule has 0 spiro atoms. The van der Waals surface area contributed by atoms with Gasteiger partial charge in [-0.25, -0.2) is 14.7 Å². The fourth-order valence-electron chi connectivity index (χ4n) is 3.18. The molecule has 3 rings (SSSR count). The molecule has 150 valence electrons. The van der Waals surface area contributed by atoms with Gasteiger partial charge in [-0.15, -0.1) is 0 Å². The van der Waals surface area contributed by atoms with E-state index in [4.69, 9.17) is 10.00 Å². The van der Waals surface area contributed by atoms with Crippen LogP contribution in [0.5, 0.6) is 11.6 Å². The minimum Gasteiger partial charge on any atom is -0.439 e. The van der Waals surface area contributed by atoms with E-state index in [0.29, 0.717) is 35.2 Å². The Labute approximate surface area is 170 Å². The van der Waals surface area contributed by atoms with Gasteiger partial charge in [0.05, 0.1) is 23.5 Å². The van der Waals surface area contributed by atoms with Gasteiger partial charge in [-0.05, 0) is 55.5 Å². The van der Waals surface area contributed by atoms with Crippen LogP contribution < -0.4 is 15.0 Å². The van der Waals surface area contributed by atoms with Crippen LogP contribution in [-0.4, -0.2) is 22.5 Å². The van der Waals surface area contributed by atoms with Gasteiger partial charge >= 0.3 is 6.03 Å². The molecule has 7 nitrogen and oxygen atoms in total. The predicted molar refractivity (Wildman–Crippen MR) is 109 cm³/mol. The maximum atomic E-state index is 12.6. The van der Waals surface area contributed by atoms with E-state index in [9.17, 15) is 9.59 Å². The van der Waals surface area contributed by atoms with Crippen LogP contribution in [-0.2, 0) is 11.2 Å². The number of rotatable bonds is 6. The van der Waals surface area contributed by atoms with Gasteiger partial charge in [-0.3, -0.25) is 4.79 Å². The Bertz CT molecular complexity index is 979. The normalized spacial score (nSPS) is 18.7. The molecule has 2 aromatic rings. The summed E-state index contributed by atoms with van der Waals surface area (Å²) in [6, 6.07) is 10.2. The summed E-state index contributed by atoms with van der Waals surface area (Å²) in [6.07, 6.45) is 2.71. The lowest BCUT2D eigenvalue weighted by molar-refractivity contribution is -0.121. The molecule has 0 radical (unpaired) electrons. The molecule has 1 aliphatic rings. The quantitative estimate of drug-likeness (QED) is 0.745. The molecule has 1 N–H and O–H groups in total. The molecule has 0 saturated carbocycles. The van der Waals surface area contributed by atoms with Crippen molar-refractivity contribution in [1.29, 1.82) is 5.26 Å². The minimum absolute atomic E-state index is 0.299. The van der Waals surface area contributed by atoms with Crippen molar-refractivity contribution in [3.63, 3.8) is 0 Å². The first-order chi connectivity index (χ1) is 13.8. The summed E-state index contributed by atoms with van der Waals surface area (Å²) in [5.41, 5.74) is 0.992. The third-order valence-corrected chi connectivity index (χ3v) is 4.98. The lowest BCUT2D eigenvalue weighted by Gasteiger charge is -2.19. The van der Waals surface area contributed by atoms with Crippen molar-refractivity contribution in [3.8, 4) is 17.7 Å². The number of benzene rings is 1. The summed E-state index contributed by atoms with van der Waals surface area (Å²) in [5.74, 6) is 1.07. The lowest BCUT2D eigenvalue weighted by atomic mass is 9.99. The smallest absolute Gasteiger partial charge is 0.329 e. The third kappa shape index (κ3) is 4.06. The van der Waals surface area contributed by atoms with E-state index in [1.165, 1.54) is 6.20 Å². The lowest BCUT2D eigenvalue weighted by Crippen LogP contribution is -2.43. The molecule has 29 heavy (non-hydrogen) atoms. The molecule has 1 saturated heterocycles. The van der Waals surface area contributed by atoms with Gasteiger partial charge in [-0.1, -0.05) is 20.8 Å². The highest BCUT2D eigenvalue weighted by Crippen LogP contribution is 2.30. The second-order valence-corrected chi connectivity index (χ2v) is 7.75. The number of aromatic nitrogens is 1. The molecule has 1 atom stereocenters. The summed E-state index contributed by atoms with van der Waals surface area (Å²) in [6.45, 7) is 7.75. The minimum atomic E-state index is -0.902. The van der Waals surface area contributed by atoms with Crippen LogP contribution in [0.3, 0.4) is 0 Å². The number of carbonyl (C=O) groups is 2. The van der Waals surface area contributed by atoms with Gasteiger partial charge in [0, 0.05) is 6.07 Å². The van der Waals surface area contributed by atoms with Crippen LogP contribution in [0.1, 0.15) is 45.2 Å². The summed E-state index contributed by atoms with van der Waals surface area (Å²) in [5, 5.41) is 11.9. The van der Waals surface area contributed by atoms with E-state index in [1.54, 1.807) is 31.2 Å². The van der Waals surface area contributed by atoms with Gasteiger partial charge in [0.2, 0.25) is 5.88 Å². The SMILES string of the molecule is CC[C@@]1(C)NC(=O)N(c2ccc(Oc3ccc(C#N)cc3CC(C)C)nc2)C1=O. The van der Waals surface area contributed by atoms with Gasteiger partial charge in [0.1, 0.15) is 11.3 Å². The van der Waals surface area contributed by atoms with Crippen molar-refractivity contribution in [3.05, 3.63) is 47.7 Å². The van der Waals surface area contributed by atoms with E-state index < -0.39 is 11.6 Å². The number of nitrogens with zero attached hydrogens (tertiary/aromatic N) is 3. The molecular weight excluding hydrogens is 368 g/mol. The second kappa shape index (κ2) is 7.92. The van der Waals surface area contributed by atoms with E-state index in [-0.39, 0.29) is 5.91 Å². The average molecular weight is 392 g/mol. The number of nitriles is 1. The van der Waals surface area contributed by atoms with E-state index in [1.807, 2.05) is 13.0 Å². The highest BCUT2D eigenvalue weighted by Gasteiger charge is 2.47. The third-order valence-electron chi connectivity index (χ3n) is 4.98. The maximum absolute atomic E-state index is 12.6. The number of pyridine rings is 1. The molecule has 0 unspecified atom stereocenters. The predicted octanol–water partition coefficient (Wildman–Crippen LogP) is 4.17. The van der Waals surface area contributed by atoms with E-state index in [2.05, 4.69) is 30.2 Å².